The summed E-state index contributed by atoms with van der Waals surface area (Å²) in [6, 6.07) is 5.81. The highest BCUT2D eigenvalue weighted by atomic mass is 16.5. The summed E-state index contributed by atoms with van der Waals surface area (Å²) >= 11 is 0. The quantitative estimate of drug-likeness (QED) is 0.838. The molecule has 1 saturated heterocycles. The molecule has 118 valence electrons. The van der Waals surface area contributed by atoms with Gasteiger partial charge in [0.25, 0.3) is 5.91 Å². The van der Waals surface area contributed by atoms with Crippen LogP contribution in [0.4, 0.5) is 0 Å². The number of hydrogen-bond donors (Lipinski definition) is 1. The Morgan fingerprint density at radius 2 is 2.09 bits per heavy atom. The van der Waals surface area contributed by atoms with Gasteiger partial charge >= 0.3 is 5.97 Å². The smallest absolute Gasteiger partial charge is 0.326 e. The van der Waals surface area contributed by atoms with Gasteiger partial charge in [0.05, 0.1) is 0 Å². The van der Waals surface area contributed by atoms with Crippen molar-refractivity contribution in [3.63, 3.8) is 0 Å². The van der Waals surface area contributed by atoms with Gasteiger partial charge in [0.1, 0.15) is 11.8 Å². The Balaban J connectivity index is 2.07. The summed E-state index contributed by atoms with van der Waals surface area (Å²) in [7, 11) is 0. The van der Waals surface area contributed by atoms with Crippen molar-refractivity contribution in [3.05, 3.63) is 29.8 Å². The first-order chi connectivity index (χ1) is 10.4. The molecule has 2 atom stereocenters. The molecule has 1 aliphatic rings. The van der Waals surface area contributed by atoms with Crippen LogP contribution in [0.2, 0.25) is 0 Å². The lowest BCUT2D eigenvalue weighted by Crippen LogP contribution is -2.46. The number of rotatable bonds is 5. The van der Waals surface area contributed by atoms with Crippen molar-refractivity contribution in [2.45, 2.75) is 38.8 Å². The molecule has 1 aromatic carbocycles. The zero-order chi connectivity index (χ0) is 16.3. The summed E-state index contributed by atoms with van der Waals surface area (Å²) in [6.07, 6.45) is 0.338. The number of carboxylic acids is 1. The Kier molecular flexibility index (Phi) is 4.80. The molecule has 6 heteroatoms. The number of hydrogen-bond acceptors (Lipinski definition) is 4. The van der Waals surface area contributed by atoms with E-state index in [1.165, 1.54) is 11.8 Å². The van der Waals surface area contributed by atoms with E-state index < -0.39 is 18.1 Å². The van der Waals surface area contributed by atoms with Crippen LogP contribution in [0.25, 0.3) is 0 Å². The molecule has 0 radical (unpaired) electrons. The second kappa shape index (κ2) is 6.60. The molecule has 0 spiro atoms. The van der Waals surface area contributed by atoms with Crippen molar-refractivity contribution in [1.29, 1.82) is 0 Å². The highest BCUT2D eigenvalue weighted by molar-refractivity contribution is 5.94. The summed E-state index contributed by atoms with van der Waals surface area (Å²) in [4.78, 5) is 36.2. The molecule has 0 aromatic heterocycles. The molecule has 1 aromatic rings. The second-order valence-electron chi connectivity index (χ2n) is 5.37. The van der Waals surface area contributed by atoms with Crippen molar-refractivity contribution in [1.82, 2.24) is 4.90 Å². The number of nitrogens with zero attached hydrogens (tertiary/aromatic N) is 1. The number of carbonyl (C=O) groups is 3. The van der Waals surface area contributed by atoms with E-state index in [9.17, 15) is 14.4 Å². The fraction of sp³-hybridized carbons (Fsp3) is 0.438. The van der Waals surface area contributed by atoms with Crippen molar-refractivity contribution in [2.75, 3.05) is 6.54 Å². The van der Waals surface area contributed by atoms with Gasteiger partial charge in [-0.15, -0.1) is 0 Å². The molecule has 0 saturated carbocycles. The predicted octanol–water partition coefficient (Wildman–Crippen LogP) is 1.73. The third kappa shape index (κ3) is 3.44. The van der Waals surface area contributed by atoms with E-state index in [4.69, 9.17) is 9.84 Å². The summed E-state index contributed by atoms with van der Waals surface area (Å²) < 4.78 is 5.57. The maximum atomic E-state index is 12.4. The van der Waals surface area contributed by atoms with Gasteiger partial charge in [-0.2, -0.15) is 0 Å². The monoisotopic (exact) mass is 305 g/mol. The number of ether oxygens (including phenoxy) is 1. The lowest BCUT2D eigenvalue weighted by Gasteiger charge is -2.25. The first kappa shape index (κ1) is 16.0. The maximum absolute atomic E-state index is 12.4. The topological polar surface area (TPSA) is 83.9 Å². The standard InChI is InChI=1S/C16H19NO5/c1-10(18)12-5-3-6-13(9-12)22-11(2)15(19)17-8-4-7-14(17)16(20)21/h3,5-6,9,11,14H,4,7-8H2,1-2H3,(H,20,21)/t11?,14-/m1/s1. The second-order valence-corrected chi connectivity index (χ2v) is 5.37. The van der Waals surface area contributed by atoms with Crippen LogP contribution in [0.1, 0.15) is 37.0 Å². The molecule has 2 rings (SSSR count). The molecule has 1 unspecified atom stereocenters. The number of carbonyl (C=O) groups excluding carboxylic acids is 2. The van der Waals surface area contributed by atoms with Crippen LogP contribution >= 0.6 is 0 Å². The molecule has 1 heterocycles. The fourth-order valence-corrected chi connectivity index (χ4v) is 2.56. The van der Waals surface area contributed by atoms with Crippen LogP contribution in [0.5, 0.6) is 5.75 Å². The minimum atomic E-state index is -0.989. The number of aliphatic carboxylic acids is 1. The van der Waals surface area contributed by atoms with E-state index in [1.807, 2.05) is 0 Å². The zero-order valence-electron chi connectivity index (χ0n) is 12.6. The molecule has 6 nitrogen and oxygen atoms in total. The number of amides is 1. The van der Waals surface area contributed by atoms with Crippen LogP contribution in [0.15, 0.2) is 24.3 Å². The zero-order valence-corrected chi connectivity index (χ0v) is 12.6. The number of carboxylic acid groups (broad SMARTS) is 1. The average molecular weight is 305 g/mol. The Hall–Kier alpha value is -2.37. The van der Waals surface area contributed by atoms with Gasteiger partial charge in [0, 0.05) is 12.1 Å². The van der Waals surface area contributed by atoms with E-state index in [0.29, 0.717) is 30.7 Å². The molecule has 0 aliphatic carbocycles. The minimum Gasteiger partial charge on any atom is -0.481 e. The number of ketones is 1. The highest BCUT2D eigenvalue weighted by Gasteiger charge is 2.36. The molecular formula is C16H19NO5. The van der Waals surface area contributed by atoms with Crippen molar-refractivity contribution in [3.8, 4) is 5.75 Å². The van der Waals surface area contributed by atoms with Gasteiger partial charge in [-0.1, -0.05) is 12.1 Å². The van der Waals surface area contributed by atoms with Gasteiger partial charge in [0.15, 0.2) is 11.9 Å². The van der Waals surface area contributed by atoms with Crippen LogP contribution < -0.4 is 4.74 Å². The van der Waals surface area contributed by atoms with E-state index in [0.717, 1.165) is 0 Å². The average Bonchev–Trinajstić information content (AvgIpc) is 2.96. The number of Topliss-reactive ketones (excluding diaryl/α,β-unsaturated/α-hetero) is 1. The van der Waals surface area contributed by atoms with Crippen LogP contribution in [0.3, 0.4) is 0 Å². The fourth-order valence-electron chi connectivity index (χ4n) is 2.56. The van der Waals surface area contributed by atoms with Crippen LogP contribution in [0, 0.1) is 0 Å². The molecule has 1 amide bonds. The van der Waals surface area contributed by atoms with E-state index in [-0.39, 0.29) is 11.7 Å². The Labute approximate surface area is 128 Å². The number of benzene rings is 1. The molecule has 1 aliphatic heterocycles. The molecule has 0 bridgehead atoms. The Morgan fingerprint density at radius 3 is 2.73 bits per heavy atom. The SMILES string of the molecule is CC(=O)c1cccc(OC(C)C(=O)N2CCC[C@@H]2C(=O)O)c1. The summed E-state index contributed by atoms with van der Waals surface area (Å²) in [5.41, 5.74) is 0.502. The van der Waals surface area contributed by atoms with Crippen molar-refractivity contribution in [2.24, 2.45) is 0 Å². The lowest BCUT2D eigenvalue weighted by atomic mass is 10.1. The largest absolute Gasteiger partial charge is 0.481 e. The first-order valence-corrected chi connectivity index (χ1v) is 7.21. The normalized spacial score (nSPS) is 18.8. The van der Waals surface area contributed by atoms with Gasteiger partial charge < -0.3 is 14.7 Å². The molecule has 1 N–H and O–H groups in total. The van der Waals surface area contributed by atoms with Gasteiger partial charge in [-0.05, 0) is 38.8 Å². The number of likely N-dealkylation sites (tertiary alicyclic amines) is 1. The summed E-state index contributed by atoms with van der Waals surface area (Å²) in [5.74, 6) is -1.01. The van der Waals surface area contributed by atoms with Gasteiger partial charge in [-0.25, -0.2) is 4.79 Å². The highest BCUT2D eigenvalue weighted by Crippen LogP contribution is 2.21. The third-order valence-corrected chi connectivity index (χ3v) is 3.72. The van der Waals surface area contributed by atoms with Gasteiger partial charge in [-0.3, -0.25) is 9.59 Å². The maximum Gasteiger partial charge on any atom is 0.326 e. The Morgan fingerprint density at radius 1 is 1.36 bits per heavy atom. The third-order valence-electron chi connectivity index (χ3n) is 3.72. The van der Waals surface area contributed by atoms with E-state index in [2.05, 4.69) is 0 Å². The summed E-state index contributed by atoms with van der Waals surface area (Å²) in [5, 5.41) is 9.13. The predicted molar refractivity (Wildman–Crippen MR) is 78.9 cm³/mol. The van der Waals surface area contributed by atoms with Crippen molar-refractivity contribution < 1.29 is 24.2 Å². The Bertz CT molecular complexity index is 598. The van der Waals surface area contributed by atoms with Crippen LogP contribution in [-0.4, -0.2) is 46.4 Å². The lowest BCUT2D eigenvalue weighted by molar-refractivity contribution is -0.150. The van der Waals surface area contributed by atoms with E-state index in [1.54, 1.807) is 31.2 Å². The summed E-state index contributed by atoms with van der Waals surface area (Å²) in [6.45, 7) is 3.46. The minimum absolute atomic E-state index is 0.0880. The van der Waals surface area contributed by atoms with Crippen molar-refractivity contribution >= 4 is 17.7 Å². The van der Waals surface area contributed by atoms with Crippen LogP contribution in [-0.2, 0) is 9.59 Å². The van der Waals surface area contributed by atoms with E-state index >= 15 is 0 Å². The molecule has 22 heavy (non-hydrogen) atoms. The first-order valence-electron chi connectivity index (χ1n) is 7.21. The molecular weight excluding hydrogens is 286 g/mol. The van der Waals surface area contributed by atoms with Gasteiger partial charge in [0.2, 0.25) is 0 Å². The molecule has 1 fully saturated rings.